The van der Waals surface area contributed by atoms with Crippen molar-refractivity contribution in [3.05, 3.63) is 94.6 Å². The molecular formula is C25H22F5NO2S. The van der Waals surface area contributed by atoms with E-state index < -0.39 is 33.6 Å². The average Bonchev–Trinajstić information content (AvgIpc) is 2.77. The number of alkyl halides is 3. The molecule has 3 aromatic rings. The summed E-state index contributed by atoms with van der Waals surface area (Å²) in [7, 11) is -4.32. The fourth-order valence-electron chi connectivity index (χ4n) is 4.28. The number of benzene rings is 3. The van der Waals surface area contributed by atoms with Gasteiger partial charge in [-0.1, -0.05) is 18.2 Å². The van der Waals surface area contributed by atoms with Crippen molar-refractivity contribution in [2.24, 2.45) is 0 Å². The Morgan fingerprint density at radius 2 is 1.68 bits per heavy atom. The highest BCUT2D eigenvalue weighted by atomic mass is 32.2. The molecule has 1 aliphatic rings. The van der Waals surface area contributed by atoms with E-state index in [2.05, 4.69) is 0 Å². The Hall–Kier alpha value is -2.94. The van der Waals surface area contributed by atoms with E-state index in [4.69, 9.17) is 0 Å². The summed E-state index contributed by atoms with van der Waals surface area (Å²) in [5.74, 6) is -1.02. The minimum absolute atomic E-state index is 0.153. The minimum Gasteiger partial charge on any atom is -0.263 e. The molecule has 0 bridgehead atoms. The molecule has 180 valence electrons. The molecule has 1 atom stereocenters. The lowest BCUT2D eigenvalue weighted by atomic mass is 9.93. The molecule has 3 nitrogen and oxygen atoms in total. The van der Waals surface area contributed by atoms with E-state index in [0.29, 0.717) is 36.1 Å². The smallest absolute Gasteiger partial charge is 0.263 e. The van der Waals surface area contributed by atoms with Gasteiger partial charge < -0.3 is 0 Å². The van der Waals surface area contributed by atoms with Crippen LogP contribution in [0.1, 0.15) is 35.1 Å². The maximum Gasteiger partial charge on any atom is 0.416 e. The van der Waals surface area contributed by atoms with E-state index in [0.717, 1.165) is 28.1 Å². The van der Waals surface area contributed by atoms with Crippen molar-refractivity contribution in [1.29, 1.82) is 0 Å². The number of anilines is 1. The third-order valence-corrected chi connectivity index (χ3v) is 7.94. The maximum atomic E-state index is 14.4. The normalized spacial score (nSPS) is 16.4. The lowest BCUT2D eigenvalue weighted by Crippen LogP contribution is -2.44. The van der Waals surface area contributed by atoms with E-state index in [1.54, 1.807) is 19.1 Å². The van der Waals surface area contributed by atoms with E-state index in [1.807, 2.05) is 0 Å². The van der Waals surface area contributed by atoms with Gasteiger partial charge in [0.15, 0.2) is 0 Å². The molecule has 1 unspecified atom stereocenters. The van der Waals surface area contributed by atoms with Crippen LogP contribution in [0.3, 0.4) is 0 Å². The second-order valence-electron chi connectivity index (χ2n) is 8.42. The first-order valence-electron chi connectivity index (χ1n) is 10.7. The van der Waals surface area contributed by atoms with Crippen molar-refractivity contribution >= 4 is 15.7 Å². The third-order valence-electron chi connectivity index (χ3n) is 6.06. The summed E-state index contributed by atoms with van der Waals surface area (Å²) in [4.78, 5) is -0.330. The van der Waals surface area contributed by atoms with Crippen LogP contribution in [0.15, 0.2) is 65.6 Å². The number of nitrogens with zero attached hydrogens (tertiary/aromatic N) is 1. The van der Waals surface area contributed by atoms with Crippen LogP contribution in [0.5, 0.6) is 0 Å². The standard InChI is InChI=1S/C25H22F5NO2S/c1-16-2-3-17(23(27)14-16)5-10-21-11-6-18-4-9-20(26)15-24(18)31(21)34(32,33)22-12-7-19(8-13-22)25(28,29)30/h2-4,7-9,12-15,21H,5-6,10-11H2,1H3. The largest absolute Gasteiger partial charge is 0.416 e. The van der Waals surface area contributed by atoms with Crippen LogP contribution in [0, 0.1) is 18.6 Å². The third kappa shape index (κ3) is 4.80. The van der Waals surface area contributed by atoms with E-state index in [9.17, 15) is 30.4 Å². The predicted molar refractivity (Wildman–Crippen MR) is 119 cm³/mol. The van der Waals surface area contributed by atoms with Crippen LogP contribution in [0.25, 0.3) is 0 Å². The Morgan fingerprint density at radius 3 is 2.32 bits per heavy atom. The second kappa shape index (κ2) is 9.02. The fraction of sp³-hybridized carbons (Fsp3) is 0.280. The SMILES string of the molecule is Cc1ccc(CCC2CCc3ccc(F)cc3N2S(=O)(=O)c2ccc(C(F)(F)F)cc2)c(F)c1. The molecule has 0 aliphatic carbocycles. The second-order valence-corrected chi connectivity index (χ2v) is 10.2. The number of rotatable bonds is 5. The molecule has 0 N–H and O–H groups in total. The summed E-state index contributed by atoms with van der Waals surface area (Å²) in [6.45, 7) is 1.76. The summed E-state index contributed by atoms with van der Waals surface area (Å²) in [5, 5.41) is 0. The molecule has 0 amide bonds. The minimum atomic E-state index is -4.61. The monoisotopic (exact) mass is 495 g/mol. The van der Waals surface area contributed by atoms with Crippen LogP contribution in [0.4, 0.5) is 27.6 Å². The maximum absolute atomic E-state index is 14.4. The average molecular weight is 496 g/mol. The van der Waals surface area contributed by atoms with Crippen molar-refractivity contribution in [2.45, 2.75) is 49.7 Å². The highest BCUT2D eigenvalue weighted by molar-refractivity contribution is 7.92. The van der Waals surface area contributed by atoms with Gasteiger partial charge >= 0.3 is 6.18 Å². The molecule has 0 saturated carbocycles. The van der Waals surface area contributed by atoms with Gasteiger partial charge in [-0.25, -0.2) is 17.2 Å². The van der Waals surface area contributed by atoms with Crippen LogP contribution < -0.4 is 4.31 Å². The van der Waals surface area contributed by atoms with E-state index in [1.165, 1.54) is 18.2 Å². The van der Waals surface area contributed by atoms with Gasteiger partial charge in [-0.05, 0) is 91.8 Å². The zero-order valence-corrected chi connectivity index (χ0v) is 19.1. The van der Waals surface area contributed by atoms with Crippen LogP contribution in [-0.2, 0) is 29.0 Å². The number of halogens is 5. The molecule has 4 rings (SSSR count). The molecule has 1 aliphatic heterocycles. The van der Waals surface area contributed by atoms with Gasteiger partial charge in [0.05, 0.1) is 16.1 Å². The lowest BCUT2D eigenvalue weighted by molar-refractivity contribution is -0.137. The van der Waals surface area contributed by atoms with Crippen molar-refractivity contribution < 1.29 is 30.4 Å². The number of hydrogen-bond donors (Lipinski definition) is 0. The van der Waals surface area contributed by atoms with Crippen molar-refractivity contribution in [3.8, 4) is 0 Å². The molecule has 9 heteroatoms. The van der Waals surface area contributed by atoms with Crippen LogP contribution in [-0.4, -0.2) is 14.5 Å². The topological polar surface area (TPSA) is 37.4 Å². The molecule has 0 spiro atoms. The van der Waals surface area contributed by atoms with Crippen LogP contribution >= 0.6 is 0 Å². The molecular weight excluding hydrogens is 473 g/mol. The first-order valence-corrected chi connectivity index (χ1v) is 12.2. The quantitative estimate of drug-likeness (QED) is 0.382. The van der Waals surface area contributed by atoms with Gasteiger partial charge in [0.25, 0.3) is 10.0 Å². The predicted octanol–water partition coefficient (Wildman–Crippen LogP) is 6.43. The van der Waals surface area contributed by atoms with Gasteiger partial charge in [-0.3, -0.25) is 4.31 Å². The Balaban J connectivity index is 1.72. The lowest BCUT2D eigenvalue weighted by Gasteiger charge is -2.38. The van der Waals surface area contributed by atoms with Crippen molar-refractivity contribution in [3.63, 3.8) is 0 Å². The Bertz CT molecular complexity index is 1300. The Kier molecular flexibility index (Phi) is 6.42. The number of aryl methyl sites for hydroxylation is 3. The Labute approximate surface area is 194 Å². The summed E-state index contributed by atoms with van der Waals surface area (Å²) in [5.41, 5.74) is 0.996. The molecule has 0 saturated heterocycles. The zero-order chi connectivity index (χ0) is 24.7. The first-order chi connectivity index (χ1) is 16.0. The number of hydrogen-bond acceptors (Lipinski definition) is 2. The summed E-state index contributed by atoms with van der Waals surface area (Å²) in [6, 6.07) is 11.3. The Morgan fingerprint density at radius 1 is 0.971 bits per heavy atom. The summed E-state index contributed by atoms with van der Waals surface area (Å²) in [6.07, 6.45) is -3.19. The van der Waals surface area contributed by atoms with Gasteiger partial charge in [-0.2, -0.15) is 13.2 Å². The number of sulfonamides is 1. The zero-order valence-electron chi connectivity index (χ0n) is 18.2. The van der Waals surface area contributed by atoms with Crippen LogP contribution in [0.2, 0.25) is 0 Å². The summed E-state index contributed by atoms with van der Waals surface area (Å²) < 4.78 is 95.6. The number of fused-ring (bicyclic) bond motifs is 1. The fourth-order valence-corrected chi connectivity index (χ4v) is 6.02. The van der Waals surface area contributed by atoms with Crippen molar-refractivity contribution in [1.82, 2.24) is 0 Å². The molecule has 3 aromatic carbocycles. The van der Waals surface area contributed by atoms with Gasteiger partial charge in [-0.15, -0.1) is 0 Å². The highest BCUT2D eigenvalue weighted by Gasteiger charge is 2.37. The van der Waals surface area contributed by atoms with Gasteiger partial charge in [0.1, 0.15) is 11.6 Å². The highest BCUT2D eigenvalue weighted by Crippen LogP contribution is 2.38. The molecule has 0 radical (unpaired) electrons. The molecule has 1 heterocycles. The first kappa shape index (κ1) is 24.2. The van der Waals surface area contributed by atoms with Gasteiger partial charge in [0.2, 0.25) is 0 Å². The van der Waals surface area contributed by atoms with E-state index in [-0.39, 0.29) is 29.2 Å². The summed E-state index contributed by atoms with van der Waals surface area (Å²) >= 11 is 0. The van der Waals surface area contributed by atoms with Crippen molar-refractivity contribution in [2.75, 3.05) is 4.31 Å². The molecule has 0 aromatic heterocycles. The van der Waals surface area contributed by atoms with E-state index >= 15 is 0 Å². The van der Waals surface area contributed by atoms with Gasteiger partial charge in [0, 0.05) is 6.04 Å². The molecule has 34 heavy (non-hydrogen) atoms. The molecule has 0 fully saturated rings.